The molecular weight excluding hydrogens is 266 g/mol. The minimum absolute atomic E-state index is 0.644. The molecule has 0 bridgehead atoms. The number of H-pyrrole nitrogens is 1. The lowest BCUT2D eigenvalue weighted by Crippen LogP contribution is -1.94. The summed E-state index contributed by atoms with van der Waals surface area (Å²) in [6.45, 7) is 4.44. The van der Waals surface area contributed by atoms with Gasteiger partial charge in [0.25, 0.3) is 0 Å². The third-order valence-corrected chi connectivity index (χ3v) is 4.40. The van der Waals surface area contributed by atoms with Crippen LogP contribution >= 0.6 is 11.8 Å². The molecule has 0 atom stereocenters. The first-order valence-corrected chi connectivity index (χ1v) is 7.75. The van der Waals surface area contributed by atoms with Crippen molar-refractivity contribution < 1.29 is 0 Å². The summed E-state index contributed by atoms with van der Waals surface area (Å²) < 4.78 is 0. The predicted octanol–water partition coefficient (Wildman–Crippen LogP) is 4.37. The smallest absolute Gasteiger partial charge is 0.141 e. The highest BCUT2D eigenvalue weighted by Gasteiger charge is 2.11. The van der Waals surface area contributed by atoms with E-state index in [-0.39, 0.29) is 0 Å². The van der Waals surface area contributed by atoms with Crippen molar-refractivity contribution in [2.24, 2.45) is 5.92 Å². The average Bonchev–Trinajstić information content (AvgIpc) is 2.89. The number of aromatic nitrogens is 3. The van der Waals surface area contributed by atoms with E-state index < -0.39 is 0 Å². The van der Waals surface area contributed by atoms with Crippen molar-refractivity contribution in [2.45, 2.75) is 18.9 Å². The van der Waals surface area contributed by atoms with Crippen molar-refractivity contribution in [3.05, 3.63) is 42.6 Å². The number of nitrogens with one attached hydrogen (secondary N) is 1. The van der Waals surface area contributed by atoms with Gasteiger partial charge in [0.15, 0.2) is 0 Å². The van der Waals surface area contributed by atoms with Gasteiger partial charge >= 0.3 is 0 Å². The summed E-state index contributed by atoms with van der Waals surface area (Å²) in [6.07, 6.45) is 1.84. The van der Waals surface area contributed by atoms with Gasteiger partial charge in [-0.2, -0.15) is 0 Å². The van der Waals surface area contributed by atoms with Crippen LogP contribution in [0.4, 0.5) is 0 Å². The number of benzene rings is 1. The monoisotopic (exact) mass is 283 g/mol. The molecule has 3 rings (SSSR count). The summed E-state index contributed by atoms with van der Waals surface area (Å²) in [6, 6.07) is 12.1. The Balaban J connectivity index is 2.00. The Morgan fingerprint density at radius 1 is 1.15 bits per heavy atom. The molecule has 1 N–H and O–H groups in total. The van der Waals surface area contributed by atoms with Gasteiger partial charge in [-0.15, -0.1) is 11.8 Å². The molecule has 1 aromatic carbocycles. The van der Waals surface area contributed by atoms with Crippen LogP contribution in [0.15, 0.2) is 47.6 Å². The number of thioether (sulfide) groups is 1. The van der Waals surface area contributed by atoms with Gasteiger partial charge in [-0.25, -0.2) is 9.97 Å². The molecule has 3 aromatic rings. The molecule has 0 radical (unpaired) electrons. The molecule has 0 saturated carbocycles. The first kappa shape index (κ1) is 13.2. The van der Waals surface area contributed by atoms with E-state index in [0.29, 0.717) is 5.92 Å². The lowest BCUT2D eigenvalue weighted by Gasteiger charge is -2.07. The van der Waals surface area contributed by atoms with E-state index in [2.05, 4.69) is 34.9 Å². The van der Waals surface area contributed by atoms with E-state index in [1.54, 1.807) is 11.8 Å². The van der Waals surface area contributed by atoms with Crippen molar-refractivity contribution in [1.29, 1.82) is 0 Å². The molecule has 0 spiro atoms. The number of rotatable bonds is 4. The van der Waals surface area contributed by atoms with E-state index >= 15 is 0 Å². The standard InChI is InChI=1S/C16H17N3S/c1-11(2)10-20-16-12(6-5-9-17-16)15-18-13-7-3-4-8-14(13)19-15/h3-9,11H,10H2,1-2H3,(H,18,19). The molecule has 4 heteroatoms. The Hall–Kier alpha value is -1.81. The summed E-state index contributed by atoms with van der Waals surface area (Å²) in [4.78, 5) is 12.5. The molecule has 0 amide bonds. The lowest BCUT2D eigenvalue weighted by atomic mass is 10.3. The SMILES string of the molecule is CC(C)CSc1ncccc1-c1nc2ccccc2[nH]1. The van der Waals surface area contributed by atoms with E-state index in [1.807, 2.05) is 36.5 Å². The molecule has 2 heterocycles. The van der Waals surface area contributed by atoms with Gasteiger partial charge in [0, 0.05) is 17.5 Å². The fraction of sp³-hybridized carbons (Fsp3) is 0.250. The minimum atomic E-state index is 0.644. The van der Waals surface area contributed by atoms with Crippen molar-refractivity contribution in [3.63, 3.8) is 0 Å². The molecule has 0 unspecified atom stereocenters. The van der Waals surface area contributed by atoms with Crippen LogP contribution in [0, 0.1) is 5.92 Å². The van der Waals surface area contributed by atoms with Crippen LogP contribution < -0.4 is 0 Å². The second-order valence-electron chi connectivity index (χ2n) is 5.16. The third-order valence-electron chi connectivity index (χ3n) is 2.97. The second-order valence-corrected chi connectivity index (χ2v) is 6.17. The number of imidazole rings is 1. The zero-order valence-corrected chi connectivity index (χ0v) is 12.4. The average molecular weight is 283 g/mol. The van der Waals surface area contributed by atoms with Crippen LogP contribution in [0.3, 0.4) is 0 Å². The van der Waals surface area contributed by atoms with Crippen LogP contribution in [-0.4, -0.2) is 20.7 Å². The van der Waals surface area contributed by atoms with Crippen LogP contribution in [0.5, 0.6) is 0 Å². The fourth-order valence-corrected chi connectivity index (χ4v) is 2.96. The van der Waals surface area contributed by atoms with Crippen LogP contribution in [0.25, 0.3) is 22.4 Å². The summed E-state index contributed by atoms with van der Waals surface area (Å²) in [5.41, 5.74) is 3.13. The maximum atomic E-state index is 4.66. The van der Waals surface area contributed by atoms with Gasteiger partial charge in [-0.3, -0.25) is 0 Å². The number of pyridine rings is 1. The highest BCUT2D eigenvalue weighted by atomic mass is 32.2. The Bertz CT molecular complexity index is 685. The Morgan fingerprint density at radius 2 is 2.00 bits per heavy atom. The normalized spacial score (nSPS) is 11.3. The van der Waals surface area contributed by atoms with E-state index in [1.165, 1.54) is 0 Å². The lowest BCUT2D eigenvalue weighted by molar-refractivity contribution is 0.749. The highest BCUT2D eigenvalue weighted by Crippen LogP contribution is 2.30. The third kappa shape index (κ3) is 2.70. The van der Waals surface area contributed by atoms with E-state index in [9.17, 15) is 0 Å². The molecule has 102 valence electrons. The topological polar surface area (TPSA) is 41.6 Å². The molecule has 20 heavy (non-hydrogen) atoms. The predicted molar refractivity (Wildman–Crippen MR) is 84.9 cm³/mol. The molecule has 0 aliphatic carbocycles. The molecule has 2 aromatic heterocycles. The van der Waals surface area contributed by atoms with Crippen molar-refractivity contribution in [3.8, 4) is 11.4 Å². The number of hydrogen-bond acceptors (Lipinski definition) is 3. The first-order chi connectivity index (χ1) is 9.74. The van der Waals surface area contributed by atoms with E-state index in [4.69, 9.17) is 0 Å². The van der Waals surface area contributed by atoms with Crippen molar-refractivity contribution in [2.75, 3.05) is 5.75 Å². The number of para-hydroxylation sites is 2. The van der Waals surface area contributed by atoms with Gasteiger partial charge in [-0.1, -0.05) is 26.0 Å². The largest absolute Gasteiger partial charge is 0.338 e. The molecule has 0 aliphatic rings. The van der Waals surface area contributed by atoms with Gasteiger partial charge in [0.05, 0.1) is 11.0 Å². The fourth-order valence-electron chi connectivity index (χ4n) is 2.01. The zero-order chi connectivity index (χ0) is 13.9. The molecule has 3 nitrogen and oxygen atoms in total. The Kier molecular flexibility index (Phi) is 3.74. The summed E-state index contributed by atoms with van der Waals surface area (Å²) in [5, 5.41) is 1.04. The van der Waals surface area contributed by atoms with Crippen LogP contribution in [-0.2, 0) is 0 Å². The van der Waals surface area contributed by atoms with Crippen molar-refractivity contribution >= 4 is 22.8 Å². The quantitative estimate of drug-likeness (QED) is 0.723. The van der Waals surface area contributed by atoms with Crippen molar-refractivity contribution in [1.82, 2.24) is 15.0 Å². The van der Waals surface area contributed by atoms with E-state index in [0.717, 1.165) is 33.2 Å². The van der Waals surface area contributed by atoms with Gasteiger partial charge in [-0.05, 0) is 30.2 Å². The molecule has 0 fully saturated rings. The zero-order valence-electron chi connectivity index (χ0n) is 11.6. The highest BCUT2D eigenvalue weighted by molar-refractivity contribution is 7.99. The van der Waals surface area contributed by atoms with Gasteiger partial charge in [0.2, 0.25) is 0 Å². The summed E-state index contributed by atoms with van der Waals surface area (Å²) in [7, 11) is 0. The maximum absolute atomic E-state index is 4.66. The second kappa shape index (κ2) is 5.67. The Morgan fingerprint density at radius 3 is 2.80 bits per heavy atom. The van der Waals surface area contributed by atoms with Gasteiger partial charge in [0.1, 0.15) is 10.9 Å². The minimum Gasteiger partial charge on any atom is -0.338 e. The molecular formula is C16H17N3S. The summed E-state index contributed by atoms with van der Waals surface area (Å²) in [5.74, 6) is 2.60. The number of nitrogens with zero attached hydrogens (tertiary/aromatic N) is 2. The van der Waals surface area contributed by atoms with Crippen LogP contribution in [0.1, 0.15) is 13.8 Å². The number of hydrogen-bond donors (Lipinski definition) is 1. The maximum Gasteiger partial charge on any atom is 0.141 e. The molecule has 0 aliphatic heterocycles. The number of aromatic amines is 1. The number of fused-ring (bicyclic) bond motifs is 1. The molecule has 0 saturated heterocycles. The van der Waals surface area contributed by atoms with Gasteiger partial charge < -0.3 is 4.98 Å². The summed E-state index contributed by atoms with van der Waals surface area (Å²) >= 11 is 1.79. The van der Waals surface area contributed by atoms with Crippen LogP contribution in [0.2, 0.25) is 0 Å². The Labute approximate surface area is 122 Å². The first-order valence-electron chi connectivity index (χ1n) is 6.77.